The van der Waals surface area contributed by atoms with Crippen molar-refractivity contribution in [1.82, 2.24) is 15.1 Å². The third-order valence-corrected chi connectivity index (χ3v) is 3.67. The summed E-state index contributed by atoms with van der Waals surface area (Å²) in [6.45, 7) is 2.76. The molecule has 0 aliphatic rings. The fourth-order valence-corrected chi connectivity index (χ4v) is 2.42. The van der Waals surface area contributed by atoms with Crippen molar-refractivity contribution in [2.45, 2.75) is 26.6 Å². The smallest absolute Gasteiger partial charge is 0.416 e. The van der Waals surface area contributed by atoms with Crippen LogP contribution in [0.2, 0.25) is 0 Å². The number of hydrogen-bond donors (Lipinski definition) is 1. The van der Waals surface area contributed by atoms with Gasteiger partial charge in [0, 0.05) is 0 Å². The van der Waals surface area contributed by atoms with Crippen LogP contribution in [0, 0.1) is 24.0 Å². The number of ether oxygens (including phenoxy) is 1. The van der Waals surface area contributed by atoms with E-state index in [1.165, 1.54) is 30.7 Å². The van der Waals surface area contributed by atoms with E-state index in [1.807, 2.05) is 0 Å². The van der Waals surface area contributed by atoms with Crippen molar-refractivity contribution in [3.8, 4) is 5.75 Å². The molecule has 0 aliphatic heterocycles. The van der Waals surface area contributed by atoms with E-state index in [2.05, 4.69) is 10.4 Å². The number of nitrogens with one attached hydrogen (secondary N) is 1. The maximum atomic E-state index is 12.6. The molecule has 0 fully saturated rings. The summed E-state index contributed by atoms with van der Waals surface area (Å²) < 4.78 is 44.3. The minimum Gasteiger partial charge on any atom is -0.492 e. The van der Waals surface area contributed by atoms with E-state index in [0.717, 1.165) is 12.1 Å². The molecule has 0 bridgehead atoms. The molecule has 0 saturated heterocycles. The molecule has 11 heteroatoms. The number of rotatable bonds is 7. The van der Waals surface area contributed by atoms with E-state index >= 15 is 0 Å². The maximum Gasteiger partial charge on any atom is 0.416 e. The first-order valence-electron chi connectivity index (χ1n) is 7.84. The Morgan fingerprint density at radius 1 is 1.37 bits per heavy atom. The van der Waals surface area contributed by atoms with Crippen LogP contribution in [-0.4, -0.2) is 33.8 Å². The number of hydrogen-bond acceptors (Lipinski definition) is 5. The van der Waals surface area contributed by atoms with Crippen molar-refractivity contribution in [3.63, 3.8) is 0 Å². The highest BCUT2D eigenvalue weighted by Crippen LogP contribution is 2.31. The summed E-state index contributed by atoms with van der Waals surface area (Å²) in [5.74, 6) is -0.420. The van der Waals surface area contributed by atoms with Crippen LogP contribution in [0.4, 0.5) is 18.9 Å². The van der Waals surface area contributed by atoms with Gasteiger partial charge in [-0.15, -0.1) is 0 Å². The lowest BCUT2D eigenvalue weighted by Crippen LogP contribution is -2.31. The summed E-state index contributed by atoms with van der Waals surface area (Å²) in [6.07, 6.45) is -4.46. The average molecular weight is 386 g/mol. The van der Waals surface area contributed by atoms with Crippen LogP contribution in [0.1, 0.15) is 17.0 Å². The second-order valence-corrected chi connectivity index (χ2v) is 5.66. The number of nitrogens with zero attached hydrogens (tertiary/aromatic N) is 3. The molecule has 27 heavy (non-hydrogen) atoms. The lowest BCUT2D eigenvalue weighted by atomic mass is 10.2. The number of nitro groups is 1. The van der Waals surface area contributed by atoms with Gasteiger partial charge >= 0.3 is 11.9 Å². The summed E-state index contributed by atoms with van der Waals surface area (Å²) >= 11 is 0. The highest BCUT2D eigenvalue weighted by molar-refractivity contribution is 5.75. The van der Waals surface area contributed by atoms with E-state index in [1.54, 1.807) is 0 Å². The zero-order valence-corrected chi connectivity index (χ0v) is 14.5. The molecule has 0 unspecified atom stereocenters. The Hall–Kier alpha value is -3.11. The van der Waals surface area contributed by atoms with Crippen molar-refractivity contribution in [2.24, 2.45) is 0 Å². The number of amides is 1. The molecule has 1 N–H and O–H groups in total. The van der Waals surface area contributed by atoms with Crippen molar-refractivity contribution < 1.29 is 27.6 Å². The van der Waals surface area contributed by atoms with Gasteiger partial charge < -0.3 is 10.1 Å². The topological polar surface area (TPSA) is 99.3 Å². The predicted molar refractivity (Wildman–Crippen MR) is 88.3 cm³/mol. The molecule has 0 aliphatic carbocycles. The Bertz CT molecular complexity index is 849. The van der Waals surface area contributed by atoms with Gasteiger partial charge in [0.15, 0.2) is 0 Å². The number of aromatic nitrogens is 2. The zero-order chi connectivity index (χ0) is 20.2. The van der Waals surface area contributed by atoms with Crippen LogP contribution in [0.5, 0.6) is 5.75 Å². The number of halogens is 3. The Morgan fingerprint density at radius 2 is 2.07 bits per heavy atom. The van der Waals surface area contributed by atoms with E-state index in [9.17, 15) is 28.1 Å². The molecular weight excluding hydrogens is 369 g/mol. The van der Waals surface area contributed by atoms with Gasteiger partial charge in [-0.2, -0.15) is 18.3 Å². The van der Waals surface area contributed by atoms with E-state index < -0.39 is 22.6 Å². The number of carbonyl (C=O) groups excluding carboxylic acids is 1. The molecule has 0 spiro atoms. The predicted octanol–water partition coefficient (Wildman–Crippen LogP) is 2.62. The second-order valence-electron chi connectivity index (χ2n) is 5.66. The van der Waals surface area contributed by atoms with Gasteiger partial charge in [0.2, 0.25) is 5.91 Å². The van der Waals surface area contributed by atoms with E-state index in [0.29, 0.717) is 0 Å². The van der Waals surface area contributed by atoms with Gasteiger partial charge in [-0.1, -0.05) is 6.07 Å². The maximum absolute atomic E-state index is 12.6. The molecule has 1 aromatic heterocycles. The van der Waals surface area contributed by atoms with Crippen LogP contribution in [0.25, 0.3) is 0 Å². The van der Waals surface area contributed by atoms with Gasteiger partial charge in [0.25, 0.3) is 0 Å². The highest BCUT2D eigenvalue weighted by atomic mass is 19.4. The van der Waals surface area contributed by atoms with E-state index in [4.69, 9.17) is 4.74 Å². The Balaban J connectivity index is 1.84. The van der Waals surface area contributed by atoms with Gasteiger partial charge in [-0.05, 0) is 32.0 Å². The number of alkyl halides is 3. The molecule has 1 aromatic carbocycles. The second kappa shape index (κ2) is 8.06. The molecule has 1 heterocycles. The van der Waals surface area contributed by atoms with Crippen LogP contribution in [0.15, 0.2) is 24.3 Å². The Morgan fingerprint density at radius 3 is 2.67 bits per heavy atom. The standard InChI is InChI=1S/C16H17F3N4O4/c1-10-15(23(25)26)11(2)22(21-10)9-14(24)20-6-7-27-13-5-3-4-12(8-13)16(17,18)19/h3-5,8H,6-7,9H2,1-2H3,(H,20,24). The third-order valence-electron chi connectivity index (χ3n) is 3.67. The first kappa shape index (κ1) is 20.2. The van der Waals surface area contributed by atoms with Crippen molar-refractivity contribution in [1.29, 1.82) is 0 Å². The van der Waals surface area contributed by atoms with Gasteiger partial charge in [0.1, 0.15) is 30.3 Å². The minimum absolute atomic E-state index is 0.0354. The van der Waals surface area contributed by atoms with Crippen molar-refractivity contribution >= 4 is 11.6 Å². The molecule has 0 saturated carbocycles. The first-order valence-corrected chi connectivity index (χ1v) is 7.84. The zero-order valence-electron chi connectivity index (χ0n) is 14.5. The summed E-state index contributed by atoms with van der Waals surface area (Å²) in [7, 11) is 0. The average Bonchev–Trinajstić information content (AvgIpc) is 2.85. The largest absolute Gasteiger partial charge is 0.492 e. The van der Waals surface area contributed by atoms with Crippen LogP contribution in [0.3, 0.4) is 0 Å². The first-order chi connectivity index (χ1) is 12.6. The van der Waals surface area contributed by atoms with Gasteiger partial charge in [-0.25, -0.2) is 0 Å². The molecule has 146 valence electrons. The normalized spacial score (nSPS) is 11.3. The molecule has 1 amide bonds. The molecule has 0 atom stereocenters. The fraction of sp³-hybridized carbons (Fsp3) is 0.375. The quantitative estimate of drug-likeness (QED) is 0.448. The summed E-state index contributed by atoms with van der Waals surface area (Å²) in [5.41, 5.74) is -0.503. The fourth-order valence-electron chi connectivity index (χ4n) is 2.42. The Kier molecular flexibility index (Phi) is 6.03. The lowest BCUT2D eigenvalue weighted by Gasteiger charge is -2.11. The van der Waals surface area contributed by atoms with Crippen LogP contribution >= 0.6 is 0 Å². The summed E-state index contributed by atoms with van der Waals surface area (Å²) in [6, 6.07) is 4.41. The van der Waals surface area contributed by atoms with E-state index in [-0.39, 0.29) is 42.5 Å². The number of aryl methyl sites for hydroxylation is 1. The minimum atomic E-state index is -4.46. The van der Waals surface area contributed by atoms with Crippen molar-refractivity contribution in [3.05, 3.63) is 51.3 Å². The van der Waals surface area contributed by atoms with Crippen LogP contribution < -0.4 is 10.1 Å². The molecule has 0 radical (unpaired) electrons. The molecular formula is C16H17F3N4O4. The Labute approximate surface area is 152 Å². The highest BCUT2D eigenvalue weighted by Gasteiger charge is 2.30. The molecule has 2 rings (SSSR count). The number of carbonyl (C=O) groups is 1. The summed E-state index contributed by atoms with van der Waals surface area (Å²) in [5, 5.41) is 17.4. The summed E-state index contributed by atoms with van der Waals surface area (Å²) in [4.78, 5) is 22.3. The molecule has 8 nitrogen and oxygen atoms in total. The van der Waals surface area contributed by atoms with Gasteiger partial charge in [-0.3, -0.25) is 19.6 Å². The van der Waals surface area contributed by atoms with Gasteiger partial charge in [0.05, 0.1) is 17.0 Å². The lowest BCUT2D eigenvalue weighted by molar-refractivity contribution is -0.386. The number of benzene rings is 1. The third kappa shape index (κ3) is 5.19. The SMILES string of the molecule is Cc1nn(CC(=O)NCCOc2cccc(C(F)(F)F)c2)c(C)c1[N+](=O)[O-]. The van der Waals surface area contributed by atoms with Crippen molar-refractivity contribution in [2.75, 3.05) is 13.2 Å². The molecule has 2 aromatic rings. The monoisotopic (exact) mass is 386 g/mol. The van der Waals surface area contributed by atoms with Crippen LogP contribution in [-0.2, 0) is 17.5 Å².